The molecule has 0 aliphatic rings. The summed E-state index contributed by atoms with van der Waals surface area (Å²) in [6, 6.07) is 5.34. The molecule has 0 atom stereocenters. The Morgan fingerprint density at radius 1 is 1.41 bits per heavy atom. The summed E-state index contributed by atoms with van der Waals surface area (Å²) in [6.45, 7) is 2.30. The normalized spacial score (nSPS) is 11.5. The molecule has 0 heterocycles. The molecule has 1 aromatic rings. The third-order valence-corrected chi connectivity index (χ3v) is 1.71. The number of rotatable bonds is 4. The van der Waals surface area contributed by atoms with Gasteiger partial charge in [0.1, 0.15) is 5.75 Å². The number of halogens is 2. The van der Waals surface area contributed by atoms with Crippen LogP contribution in [0.5, 0.6) is 5.75 Å². The van der Waals surface area contributed by atoms with Crippen LogP contribution in [0, 0.1) is 0 Å². The summed E-state index contributed by atoms with van der Waals surface area (Å²) >= 11 is 0. The lowest BCUT2D eigenvalue weighted by atomic mass is 10.2. The monoisotopic (exact) mass is 242 g/mol. The Labute approximate surface area is 97.3 Å². The molecule has 6 heteroatoms. The minimum atomic E-state index is -3.24. The smallest absolute Gasteiger partial charge is 0.394 e. The van der Waals surface area contributed by atoms with Crippen molar-refractivity contribution in [1.82, 2.24) is 5.43 Å². The van der Waals surface area contributed by atoms with Crippen LogP contribution in [0.2, 0.25) is 0 Å². The quantitative estimate of drug-likeness (QED) is 0.651. The van der Waals surface area contributed by atoms with Crippen LogP contribution in [0.25, 0.3) is 0 Å². The van der Waals surface area contributed by atoms with Crippen LogP contribution in [-0.2, 0) is 0 Å². The van der Waals surface area contributed by atoms with E-state index in [2.05, 4.69) is 15.3 Å². The van der Waals surface area contributed by atoms with Gasteiger partial charge in [0.2, 0.25) is 0 Å². The first-order valence-corrected chi connectivity index (χ1v) is 4.87. The lowest BCUT2D eigenvalue weighted by Gasteiger charge is -2.12. The van der Waals surface area contributed by atoms with Gasteiger partial charge in [-0.25, -0.2) is 5.43 Å². The van der Waals surface area contributed by atoms with E-state index < -0.39 is 12.0 Å². The topological polar surface area (TPSA) is 50.7 Å². The number of hydrazone groups is 1. The molecule has 1 rings (SSSR count). The van der Waals surface area contributed by atoms with Crippen LogP contribution in [0.3, 0.4) is 0 Å². The summed E-state index contributed by atoms with van der Waals surface area (Å²) < 4.78 is 29.3. The summed E-state index contributed by atoms with van der Waals surface area (Å²) in [7, 11) is 0. The summed E-state index contributed by atoms with van der Waals surface area (Å²) in [5.41, 5.74) is 2.57. The van der Waals surface area contributed by atoms with Crippen LogP contribution in [0.15, 0.2) is 29.4 Å². The highest BCUT2D eigenvalue weighted by atomic mass is 19.3. The maximum atomic E-state index is 12.5. The molecule has 0 aliphatic heterocycles. The van der Waals surface area contributed by atoms with E-state index in [9.17, 15) is 13.6 Å². The van der Waals surface area contributed by atoms with E-state index in [1.165, 1.54) is 30.5 Å². The van der Waals surface area contributed by atoms with E-state index in [-0.39, 0.29) is 5.75 Å². The van der Waals surface area contributed by atoms with Crippen LogP contribution < -0.4 is 10.2 Å². The molecule has 0 bridgehead atoms. The Morgan fingerprint density at radius 3 is 2.47 bits per heavy atom. The SMILES string of the molecule is C/C=N/NC(=O)c1ccc(OC(C)(F)F)cc1. The Hall–Kier alpha value is -1.98. The standard InChI is InChI=1S/C11H12F2N2O2/c1-3-14-15-10(16)8-4-6-9(7-5-8)17-11(2,12)13/h3-7H,1-2H3,(H,15,16)/b14-3+. The maximum absolute atomic E-state index is 12.5. The van der Waals surface area contributed by atoms with Crippen molar-refractivity contribution in [2.24, 2.45) is 5.10 Å². The van der Waals surface area contributed by atoms with Gasteiger partial charge < -0.3 is 4.74 Å². The lowest BCUT2D eigenvalue weighted by Crippen LogP contribution is -2.19. The number of amides is 1. The predicted molar refractivity (Wildman–Crippen MR) is 59.3 cm³/mol. The minimum absolute atomic E-state index is 0.00644. The van der Waals surface area contributed by atoms with Crippen molar-refractivity contribution in [2.45, 2.75) is 20.0 Å². The molecule has 92 valence electrons. The van der Waals surface area contributed by atoms with Crippen molar-refractivity contribution in [3.05, 3.63) is 29.8 Å². The number of ether oxygens (including phenoxy) is 1. The van der Waals surface area contributed by atoms with Crippen LogP contribution in [0.1, 0.15) is 24.2 Å². The third-order valence-electron chi connectivity index (χ3n) is 1.71. The molecule has 0 saturated carbocycles. The molecule has 1 aromatic carbocycles. The number of hydrogen-bond acceptors (Lipinski definition) is 3. The molecule has 0 saturated heterocycles. The molecule has 0 fully saturated rings. The molecule has 0 aromatic heterocycles. The fourth-order valence-corrected chi connectivity index (χ4v) is 1.07. The highest BCUT2D eigenvalue weighted by Gasteiger charge is 2.23. The highest BCUT2D eigenvalue weighted by Crippen LogP contribution is 2.21. The summed E-state index contributed by atoms with van der Waals surface area (Å²) in [4.78, 5) is 11.4. The van der Waals surface area contributed by atoms with Gasteiger partial charge in [-0.3, -0.25) is 4.79 Å². The van der Waals surface area contributed by atoms with Crippen molar-refractivity contribution < 1.29 is 18.3 Å². The van der Waals surface area contributed by atoms with Gasteiger partial charge in [0.15, 0.2) is 0 Å². The van der Waals surface area contributed by atoms with Crippen LogP contribution in [-0.4, -0.2) is 18.2 Å². The first-order chi connectivity index (χ1) is 7.92. The van der Waals surface area contributed by atoms with E-state index in [1.807, 2.05) is 0 Å². The van der Waals surface area contributed by atoms with Crippen molar-refractivity contribution in [3.63, 3.8) is 0 Å². The maximum Gasteiger partial charge on any atom is 0.394 e. The first kappa shape index (κ1) is 13.1. The van der Waals surface area contributed by atoms with Crippen molar-refractivity contribution in [3.8, 4) is 5.75 Å². The van der Waals surface area contributed by atoms with Gasteiger partial charge in [-0.2, -0.15) is 13.9 Å². The van der Waals surface area contributed by atoms with E-state index in [4.69, 9.17) is 0 Å². The number of hydrogen-bond donors (Lipinski definition) is 1. The van der Waals surface area contributed by atoms with E-state index >= 15 is 0 Å². The van der Waals surface area contributed by atoms with E-state index in [1.54, 1.807) is 6.92 Å². The zero-order valence-corrected chi connectivity index (χ0v) is 9.41. The Bertz CT molecular complexity index is 410. The average molecular weight is 242 g/mol. The van der Waals surface area contributed by atoms with E-state index in [0.29, 0.717) is 12.5 Å². The van der Waals surface area contributed by atoms with Gasteiger partial charge in [-0.1, -0.05) is 0 Å². The molecule has 0 spiro atoms. The summed E-state index contributed by atoms with van der Waals surface area (Å²) in [5, 5.41) is 3.55. The summed E-state index contributed by atoms with van der Waals surface area (Å²) in [5.74, 6) is -0.425. The number of nitrogens with zero attached hydrogens (tertiary/aromatic N) is 1. The minimum Gasteiger partial charge on any atom is -0.433 e. The molecule has 17 heavy (non-hydrogen) atoms. The molecule has 0 unspecified atom stereocenters. The lowest BCUT2D eigenvalue weighted by molar-refractivity contribution is -0.158. The number of carbonyl (C=O) groups is 1. The fourth-order valence-electron chi connectivity index (χ4n) is 1.07. The largest absolute Gasteiger partial charge is 0.433 e. The predicted octanol–water partition coefficient (Wildman–Crippen LogP) is 2.41. The zero-order chi connectivity index (χ0) is 12.9. The van der Waals surface area contributed by atoms with Gasteiger partial charge in [0, 0.05) is 18.7 Å². The fraction of sp³-hybridized carbons (Fsp3) is 0.273. The number of nitrogens with one attached hydrogen (secondary N) is 1. The molecule has 0 aliphatic carbocycles. The average Bonchev–Trinajstić information content (AvgIpc) is 2.24. The highest BCUT2D eigenvalue weighted by molar-refractivity contribution is 5.94. The van der Waals surface area contributed by atoms with Crippen molar-refractivity contribution in [1.29, 1.82) is 0 Å². The zero-order valence-electron chi connectivity index (χ0n) is 9.41. The second kappa shape index (κ2) is 5.38. The summed E-state index contributed by atoms with van der Waals surface area (Å²) in [6.07, 6.45) is -1.82. The molecular formula is C11H12F2N2O2. The van der Waals surface area contributed by atoms with Gasteiger partial charge in [-0.15, -0.1) is 0 Å². The molecule has 4 nitrogen and oxygen atoms in total. The van der Waals surface area contributed by atoms with Gasteiger partial charge in [-0.05, 0) is 31.2 Å². The van der Waals surface area contributed by atoms with Gasteiger partial charge in [0.05, 0.1) is 0 Å². The second-order valence-electron chi connectivity index (χ2n) is 3.26. The molecule has 0 radical (unpaired) electrons. The Morgan fingerprint density at radius 2 is 2.00 bits per heavy atom. The molecular weight excluding hydrogens is 230 g/mol. The number of carbonyl (C=O) groups excluding carboxylic acids is 1. The Kier molecular flexibility index (Phi) is 4.14. The third kappa shape index (κ3) is 4.58. The van der Waals surface area contributed by atoms with Crippen LogP contribution in [0.4, 0.5) is 8.78 Å². The van der Waals surface area contributed by atoms with Gasteiger partial charge in [0.25, 0.3) is 5.91 Å². The number of benzene rings is 1. The molecule has 1 N–H and O–H groups in total. The number of alkyl halides is 2. The molecule has 1 amide bonds. The first-order valence-electron chi connectivity index (χ1n) is 4.87. The van der Waals surface area contributed by atoms with Gasteiger partial charge >= 0.3 is 6.11 Å². The second-order valence-corrected chi connectivity index (χ2v) is 3.26. The van der Waals surface area contributed by atoms with E-state index in [0.717, 1.165) is 0 Å². The van der Waals surface area contributed by atoms with Crippen molar-refractivity contribution in [2.75, 3.05) is 0 Å². The Balaban J connectivity index is 2.71. The van der Waals surface area contributed by atoms with Crippen LogP contribution >= 0.6 is 0 Å². The van der Waals surface area contributed by atoms with Crippen molar-refractivity contribution >= 4 is 12.1 Å².